The molecule has 1 aromatic rings. The van der Waals surface area contributed by atoms with Crippen molar-refractivity contribution in [2.75, 3.05) is 46.6 Å². The summed E-state index contributed by atoms with van der Waals surface area (Å²) in [6, 6.07) is 0. The van der Waals surface area contributed by atoms with Crippen molar-refractivity contribution in [3.8, 4) is 11.5 Å². The molecule has 172 valence electrons. The molecule has 0 radical (unpaired) electrons. The van der Waals surface area contributed by atoms with E-state index >= 15 is 0 Å². The number of methoxy groups -OCH3 is 1. The summed E-state index contributed by atoms with van der Waals surface area (Å²) < 4.78 is 21.2. The number of hydrogen-bond donors (Lipinski definition) is 1. The number of phenolic OH excluding ortho intramolecular Hbond substituents is 1. The predicted molar refractivity (Wildman–Crippen MR) is 115 cm³/mol. The summed E-state index contributed by atoms with van der Waals surface area (Å²) in [6.45, 7) is 8.23. The minimum absolute atomic E-state index is 0. The van der Waals surface area contributed by atoms with E-state index < -0.39 is 5.97 Å². The van der Waals surface area contributed by atoms with Crippen molar-refractivity contribution >= 4 is 11.9 Å². The Bertz CT molecular complexity index is 869. The zero-order valence-corrected chi connectivity index (χ0v) is 21.5. The van der Waals surface area contributed by atoms with Gasteiger partial charge < -0.3 is 25.5 Å². The van der Waals surface area contributed by atoms with Gasteiger partial charge in [-0.15, -0.1) is 0 Å². The number of aromatic hydroxyl groups is 1. The standard InChI is InChI=1S/C23H31NO7.Na.H/c1-15(5-7-19(25)30-13-10-24-8-11-29-12-9-24)4-6-17-21(26)20-18(14-31-23(20)27)16(2)22(17)28-3;;/h4,26H,5-14H2,1-3H3;;/q;+1;-1/b15-4+;;. The molecule has 1 saturated heterocycles. The molecular formula is C23H32NNaO7. The number of phenols is 1. The quantitative estimate of drug-likeness (QED) is 0.305. The average Bonchev–Trinajstić information content (AvgIpc) is 3.16. The maximum Gasteiger partial charge on any atom is 1.00 e. The number of esters is 2. The zero-order chi connectivity index (χ0) is 22.4. The molecule has 0 atom stereocenters. The fourth-order valence-electron chi connectivity index (χ4n) is 3.89. The molecule has 2 heterocycles. The summed E-state index contributed by atoms with van der Waals surface area (Å²) in [5.41, 5.74) is 3.23. The van der Waals surface area contributed by atoms with Crippen LogP contribution in [0, 0.1) is 6.92 Å². The van der Waals surface area contributed by atoms with Crippen molar-refractivity contribution in [1.82, 2.24) is 4.90 Å². The minimum atomic E-state index is -0.514. The molecule has 0 amide bonds. The van der Waals surface area contributed by atoms with Crippen LogP contribution in [0.3, 0.4) is 0 Å². The van der Waals surface area contributed by atoms with E-state index in [1.165, 1.54) is 0 Å². The number of cyclic esters (lactones) is 1. The Morgan fingerprint density at radius 3 is 2.69 bits per heavy atom. The van der Waals surface area contributed by atoms with Crippen LogP contribution >= 0.6 is 0 Å². The Kier molecular flexibility index (Phi) is 10.5. The summed E-state index contributed by atoms with van der Waals surface area (Å²) in [5.74, 6) is -0.273. The molecule has 0 spiro atoms. The molecule has 8 nitrogen and oxygen atoms in total. The van der Waals surface area contributed by atoms with Gasteiger partial charge in [-0.3, -0.25) is 9.69 Å². The first-order valence-electron chi connectivity index (χ1n) is 10.6. The molecule has 32 heavy (non-hydrogen) atoms. The maximum atomic E-state index is 12.0. The number of hydrogen-bond acceptors (Lipinski definition) is 8. The smallest absolute Gasteiger partial charge is 1.00 e. The van der Waals surface area contributed by atoms with Crippen LogP contribution in [0.1, 0.15) is 48.2 Å². The van der Waals surface area contributed by atoms with Gasteiger partial charge in [0.1, 0.15) is 30.3 Å². The number of carbonyl (C=O) groups excluding carboxylic acids is 2. The number of nitrogens with zero attached hydrogens (tertiary/aromatic N) is 1. The number of rotatable bonds is 9. The third-order valence-corrected chi connectivity index (χ3v) is 5.80. The normalized spacial score (nSPS) is 16.2. The van der Waals surface area contributed by atoms with Crippen molar-refractivity contribution in [3.63, 3.8) is 0 Å². The first-order chi connectivity index (χ1) is 14.9. The number of fused-ring (bicyclic) bond motifs is 1. The van der Waals surface area contributed by atoms with E-state index in [0.29, 0.717) is 42.7 Å². The summed E-state index contributed by atoms with van der Waals surface area (Å²) in [5, 5.41) is 10.7. The molecule has 1 N–H and O–H groups in total. The Hall–Kier alpha value is -1.58. The maximum absolute atomic E-state index is 12.0. The van der Waals surface area contributed by atoms with E-state index in [1.54, 1.807) is 7.11 Å². The molecule has 1 fully saturated rings. The van der Waals surface area contributed by atoms with Gasteiger partial charge in [-0.25, -0.2) is 4.79 Å². The Morgan fingerprint density at radius 1 is 1.28 bits per heavy atom. The average molecular weight is 457 g/mol. The molecule has 2 aliphatic heterocycles. The molecule has 0 aromatic heterocycles. The molecule has 0 bridgehead atoms. The summed E-state index contributed by atoms with van der Waals surface area (Å²) in [7, 11) is 1.54. The van der Waals surface area contributed by atoms with E-state index in [0.717, 1.165) is 44.0 Å². The molecule has 0 aliphatic carbocycles. The van der Waals surface area contributed by atoms with Crippen LogP contribution in [-0.2, 0) is 32.0 Å². The van der Waals surface area contributed by atoms with Gasteiger partial charge in [-0.1, -0.05) is 11.6 Å². The van der Waals surface area contributed by atoms with E-state index in [2.05, 4.69) is 4.90 Å². The minimum Gasteiger partial charge on any atom is -1.00 e. The summed E-state index contributed by atoms with van der Waals surface area (Å²) >= 11 is 0. The second kappa shape index (κ2) is 12.6. The second-order valence-electron chi connectivity index (χ2n) is 7.84. The fourth-order valence-corrected chi connectivity index (χ4v) is 3.89. The van der Waals surface area contributed by atoms with Gasteiger partial charge in [0, 0.05) is 37.2 Å². The van der Waals surface area contributed by atoms with E-state index in [4.69, 9.17) is 18.9 Å². The van der Waals surface area contributed by atoms with Gasteiger partial charge in [0.2, 0.25) is 0 Å². The van der Waals surface area contributed by atoms with Gasteiger partial charge >= 0.3 is 41.5 Å². The molecular weight excluding hydrogens is 425 g/mol. The Labute approximate surface area is 212 Å². The second-order valence-corrected chi connectivity index (χ2v) is 7.84. The van der Waals surface area contributed by atoms with Crippen molar-refractivity contribution in [2.24, 2.45) is 0 Å². The van der Waals surface area contributed by atoms with Crippen LogP contribution in [-0.4, -0.2) is 68.5 Å². The van der Waals surface area contributed by atoms with Gasteiger partial charge in [0.25, 0.3) is 0 Å². The molecule has 0 saturated carbocycles. The molecule has 2 aliphatic rings. The number of ether oxygens (including phenoxy) is 4. The zero-order valence-electron chi connectivity index (χ0n) is 20.5. The van der Waals surface area contributed by atoms with Crippen LogP contribution in [0.2, 0.25) is 0 Å². The van der Waals surface area contributed by atoms with Crippen molar-refractivity contribution in [1.29, 1.82) is 0 Å². The number of morpholine rings is 1. The molecule has 0 unspecified atom stereocenters. The van der Waals surface area contributed by atoms with Crippen molar-refractivity contribution < 1.29 is 64.6 Å². The number of benzene rings is 1. The predicted octanol–water partition coefficient (Wildman–Crippen LogP) is -0.359. The van der Waals surface area contributed by atoms with Gasteiger partial charge in [0.05, 0.1) is 20.3 Å². The number of carbonyl (C=O) groups is 2. The molecule has 1 aromatic carbocycles. The Morgan fingerprint density at radius 2 is 2.00 bits per heavy atom. The van der Waals surface area contributed by atoms with E-state index in [-0.39, 0.29) is 54.9 Å². The largest absolute Gasteiger partial charge is 1.00 e. The van der Waals surface area contributed by atoms with Crippen LogP contribution in [0.25, 0.3) is 0 Å². The molecule has 9 heteroatoms. The Balaban J connectivity index is 0.00000272. The van der Waals surface area contributed by atoms with E-state index in [1.807, 2.05) is 19.9 Å². The van der Waals surface area contributed by atoms with Crippen LogP contribution in [0.15, 0.2) is 11.6 Å². The number of allylic oxidation sites excluding steroid dienone is 2. The fraction of sp³-hybridized carbons (Fsp3) is 0.565. The first-order valence-corrected chi connectivity index (χ1v) is 10.6. The van der Waals surface area contributed by atoms with Gasteiger partial charge in [-0.2, -0.15) is 0 Å². The third kappa shape index (κ3) is 6.48. The van der Waals surface area contributed by atoms with Crippen LogP contribution < -0.4 is 34.3 Å². The molecule has 3 rings (SSSR count). The van der Waals surface area contributed by atoms with Gasteiger partial charge in [-0.05, 0) is 32.3 Å². The van der Waals surface area contributed by atoms with E-state index in [9.17, 15) is 14.7 Å². The monoisotopic (exact) mass is 457 g/mol. The summed E-state index contributed by atoms with van der Waals surface area (Å²) in [4.78, 5) is 26.2. The third-order valence-electron chi connectivity index (χ3n) is 5.80. The van der Waals surface area contributed by atoms with Crippen molar-refractivity contribution in [3.05, 3.63) is 33.9 Å². The first kappa shape index (κ1) is 26.7. The topological polar surface area (TPSA) is 94.5 Å². The van der Waals surface area contributed by atoms with Crippen molar-refractivity contribution in [2.45, 2.75) is 39.7 Å². The summed E-state index contributed by atoms with van der Waals surface area (Å²) in [6.07, 6.45) is 3.18. The van der Waals surface area contributed by atoms with Crippen LogP contribution in [0.5, 0.6) is 11.5 Å². The van der Waals surface area contributed by atoms with Gasteiger partial charge in [0.15, 0.2) is 0 Å². The van der Waals surface area contributed by atoms with Crippen LogP contribution in [0.4, 0.5) is 0 Å². The SMILES string of the molecule is COc1c(C)c2c(c(O)c1C/C=C(\C)CCC(=O)OCCN1CCOCC1)C(=O)OC2.[H-].[Na+].